The predicted octanol–water partition coefficient (Wildman–Crippen LogP) is 3.10. The van der Waals surface area contributed by atoms with Gasteiger partial charge >= 0.3 is 0 Å². The van der Waals surface area contributed by atoms with E-state index in [1.54, 1.807) is 18.4 Å². The number of hydrogen-bond acceptors (Lipinski definition) is 2. The van der Waals surface area contributed by atoms with Crippen LogP contribution in [0.3, 0.4) is 0 Å². The van der Waals surface area contributed by atoms with Crippen molar-refractivity contribution in [2.45, 2.75) is 0 Å². The van der Waals surface area contributed by atoms with Gasteiger partial charge < -0.3 is 5.32 Å². The zero-order valence-corrected chi connectivity index (χ0v) is 10.5. The Morgan fingerprint density at radius 1 is 1.27 bits per heavy atom. The minimum Gasteiger partial charge on any atom is -0.355 e. The first-order valence-electron chi connectivity index (χ1n) is 4.01. The van der Waals surface area contributed by atoms with Crippen molar-refractivity contribution in [3.8, 4) is 0 Å². The summed E-state index contributed by atoms with van der Waals surface area (Å²) in [5, 5.41) is 5.66. The van der Waals surface area contributed by atoms with Crippen molar-refractivity contribution in [2.24, 2.45) is 0 Å². The van der Waals surface area contributed by atoms with Gasteiger partial charge in [0, 0.05) is 22.7 Å². The Labute approximate surface area is 105 Å². The van der Waals surface area contributed by atoms with E-state index in [4.69, 9.17) is 0 Å². The zero-order valence-electron chi connectivity index (χ0n) is 8.02. The highest BCUT2D eigenvalue weighted by Crippen LogP contribution is 2.23. The van der Waals surface area contributed by atoms with E-state index < -0.39 is 0 Å². The largest absolute Gasteiger partial charge is 0.355 e. The quantitative estimate of drug-likeness (QED) is 0.842. The fraction of sp³-hybridized carbons (Fsp3) is 0.100. The highest BCUT2D eigenvalue weighted by molar-refractivity contribution is 7.17. The molecule has 0 unspecified atom stereocenters. The molecule has 0 spiro atoms. The Balaban J connectivity index is 0.000000980. The Hall–Kier alpha value is -0.770. The van der Waals surface area contributed by atoms with Crippen molar-refractivity contribution < 1.29 is 4.79 Å². The normalized spacial score (nSPS) is 8.87. The molecule has 0 fully saturated rings. The minimum absolute atomic E-state index is 0. The first-order valence-corrected chi connectivity index (χ1v) is 4.89. The lowest BCUT2D eigenvalue weighted by atomic mass is 10.1. The zero-order chi connectivity index (χ0) is 9.26. The van der Waals surface area contributed by atoms with Gasteiger partial charge in [0.25, 0.3) is 5.91 Å². The van der Waals surface area contributed by atoms with Gasteiger partial charge in [-0.25, -0.2) is 0 Å². The molecule has 1 aromatic heterocycles. The number of hydrogen-bond donors (Lipinski definition) is 1. The summed E-state index contributed by atoms with van der Waals surface area (Å²) < 4.78 is 1.15. The number of carbonyl (C=O) groups is 1. The second-order valence-electron chi connectivity index (χ2n) is 2.72. The molecular weight excluding hydrogens is 253 g/mol. The molecular formula is C10H11Cl2NOS. The number of rotatable bonds is 1. The lowest BCUT2D eigenvalue weighted by Gasteiger charge is -2.00. The van der Waals surface area contributed by atoms with Crippen LogP contribution in [0.25, 0.3) is 10.1 Å². The van der Waals surface area contributed by atoms with Crippen LogP contribution in [0.2, 0.25) is 0 Å². The van der Waals surface area contributed by atoms with Crippen LogP contribution >= 0.6 is 36.2 Å². The fourth-order valence-electron chi connectivity index (χ4n) is 1.33. The van der Waals surface area contributed by atoms with Gasteiger partial charge in [0.2, 0.25) is 0 Å². The van der Waals surface area contributed by atoms with Crippen molar-refractivity contribution in [2.75, 3.05) is 7.05 Å². The number of halogens is 2. The van der Waals surface area contributed by atoms with E-state index in [1.165, 1.54) is 0 Å². The number of benzene rings is 1. The Bertz CT molecular complexity index is 455. The molecule has 1 heterocycles. The maximum Gasteiger partial charge on any atom is 0.251 e. The maximum absolute atomic E-state index is 11.4. The second-order valence-corrected chi connectivity index (χ2v) is 3.66. The smallest absolute Gasteiger partial charge is 0.251 e. The minimum atomic E-state index is -0.0241. The average molecular weight is 264 g/mol. The standard InChI is InChI=1S/C10H9NOS.2ClH/c1-11-10(12)8-3-2-4-9-7(8)5-6-13-9;;/h2-6H,1H3,(H,11,12);2*1H. The van der Waals surface area contributed by atoms with Crippen LogP contribution < -0.4 is 5.32 Å². The van der Waals surface area contributed by atoms with E-state index in [0.29, 0.717) is 0 Å². The van der Waals surface area contributed by atoms with Gasteiger partial charge in [-0.15, -0.1) is 36.2 Å². The molecule has 0 aliphatic carbocycles. The number of fused-ring (bicyclic) bond motifs is 1. The monoisotopic (exact) mass is 263 g/mol. The van der Waals surface area contributed by atoms with Gasteiger partial charge in [0.05, 0.1) is 0 Å². The summed E-state index contributed by atoms with van der Waals surface area (Å²) in [6.45, 7) is 0. The summed E-state index contributed by atoms with van der Waals surface area (Å²) in [6.07, 6.45) is 0. The van der Waals surface area contributed by atoms with Crippen molar-refractivity contribution in [3.05, 3.63) is 35.2 Å². The van der Waals surface area contributed by atoms with Crippen molar-refractivity contribution in [1.82, 2.24) is 5.32 Å². The van der Waals surface area contributed by atoms with Crippen molar-refractivity contribution in [1.29, 1.82) is 0 Å². The van der Waals surface area contributed by atoms with Crippen LogP contribution in [0.1, 0.15) is 10.4 Å². The highest BCUT2D eigenvalue weighted by atomic mass is 35.5. The molecule has 0 aliphatic heterocycles. The van der Waals surface area contributed by atoms with Gasteiger partial charge in [0.15, 0.2) is 0 Å². The predicted molar refractivity (Wildman–Crippen MR) is 69.7 cm³/mol. The van der Waals surface area contributed by atoms with Crippen LogP contribution in [-0.2, 0) is 0 Å². The molecule has 0 bridgehead atoms. The lowest BCUT2D eigenvalue weighted by Crippen LogP contribution is -2.17. The first kappa shape index (κ1) is 14.2. The molecule has 5 heteroatoms. The molecule has 15 heavy (non-hydrogen) atoms. The number of carbonyl (C=O) groups excluding carboxylic acids is 1. The second kappa shape index (κ2) is 5.95. The molecule has 0 atom stereocenters. The van der Waals surface area contributed by atoms with E-state index in [1.807, 2.05) is 29.6 Å². The SMILES string of the molecule is CNC(=O)c1cccc2sccc12.Cl.Cl. The van der Waals surface area contributed by atoms with Gasteiger partial charge in [0.1, 0.15) is 0 Å². The van der Waals surface area contributed by atoms with E-state index in [2.05, 4.69) is 5.32 Å². The number of nitrogens with one attached hydrogen (secondary N) is 1. The number of thiophene rings is 1. The van der Waals surface area contributed by atoms with Gasteiger partial charge in [-0.05, 0) is 23.6 Å². The summed E-state index contributed by atoms with van der Waals surface area (Å²) >= 11 is 1.65. The molecule has 2 aromatic rings. The highest BCUT2D eigenvalue weighted by Gasteiger charge is 2.07. The van der Waals surface area contributed by atoms with Gasteiger partial charge in [-0.2, -0.15) is 0 Å². The summed E-state index contributed by atoms with van der Waals surface area (Å²) in [5.74, 6) is -0.0241. The third-order valence-corrected chi connectivity index (χ3v) is 2.85. The van der Waals surface area contributed by atoms with Crippen LogP contribution in [0, 0.1) is 0 Å². The third kappa shape index (κ3) is 2.62. The Morgan fingerprint density at radius 2 is 2.00 bits per heavy atom. The van der Waals surface area contributed by atoms with Gasteiger partial charge in [-0.1, -0.05) is 6.07 Å². The molecule has 1 N–H and O–H groups in total. The van der Waals surface area contributed by atoms with E-state index in [0.717, 1.165) is 15.6 Å². The van der Waals surface area contributed by atoms with E-state index in [9.17, 15) is 4.79 Å². The van der Waals surface area contributed by atoms with E-state index in [-0.39, 0.29) is 30.7 Å². The van der Waals surface area contributed by atoms with Crippen LogP contribution in [0.5, 0.6) is 0 Å². The van der Waals surface area contributed by atoms with Crippen molar-refractivity contribution in [3.63, 3.8) is 0 Å². The number of amides is 1. The lowest BCUT2D eigenvalue weighted by molar-refractivity contribution is 0.0965. The molecule has 0 aliphatic rings. The molecule has 1 amide bonds. The summed E-state index contributed by atoms with van der Waals surface area (Å²) in [4.78, 5) is 11.4. The summed E-state index contributed by atoms with van der Waals surface area (Å²) in [6, 6.07) is 7.74. The van der Waals surface area contributed by atoms with Gasteiger partial charge in [-0.3, -0.25) is 4.79 Å². The first-order chi connectivity index (χ1) is 6.33. The third-order valence-electron chi connectivity index (χ3n) is 1.97. The topological polar surface area (TPSA) is 29.1 Å². The molecule has 0 saturated carbocycles. The average Bonchev–Trinajstić information content (AvgIpc) is 2.63. The summed E-state index contributed by atoms with van der Waals surface area (Å²) in [5.41, 5.74) is 0.751. The molecule has 2 nitrogen and oxygen atoms in total. The molecule has 2 rings (SSSR count). The molecule has 1 aromatic carbocycles. The molecule has 0 saturated heterocycles. The Morgan fingerprint density at radius 3 is 2.67 bits per heavy atom. The molecule has 82 valence electrons. The van der Waals surface area contributed by atoms with E-state index >= 15 is 0 Å². The van der Waals surface area contributed by atoms with Crippen LogP contribution in [0.4, 0.5) is 0 Å². The van der Waals surface area contributed by atoms with Crippen LogP contribution in [0.15, 0.2) is 29.6 Å². The maximum atomic E-state index is 11.4. The fourth-order valence-corrected chi connectivity index (χ4v) is 2.14. The van der Waals surface area contributed by atoms with Crippen molar-refractivity contribution >= 4 is 52.1 Å². The Kier molecular flexibility index (Phi) is 5.65. The summed E-state index contributed by atoms with van der Waals surface area (Å²) in [7, 11) is 1.65. The van der Waals surface area contributed by atoms with Crippen LogP contribution in [-0.4, -0.2) is 13.0 Å². The molecule has 0 radical (unpaired) electrons.